The summed E-state index contributed by atoms with van der Waals surface area (Å²) in [5.74, 6) is 0. The van der Waals surface area contributed by atoms with E-state index in [9.17, 15) is 8.42 Å². The van der Waals surface area contributed by atoms with E-state index in [1.165, 1.54) is 24.5 Å². The summed E-state index contributed by atoms with van der Waals surface area (Å²) in [7, 11) is -2.19. The molecule has 0 aliphatic rings. The van der Waals surface area contributed by atoms with E-state index in [4.69, 9.17) is 5.73 Å². The van der Waals surface area contributed by atoms with Gasteiger partial charge in [0.2, 0.25) is 10.0 Å². The van der Waals surface area contributed by atoms with Crippen molar-refractivity contribution in [1.82, 2.24) is 9.71 Å². The number of sulfonamides is 1. The molecule has 0 spiro atoms. The summed E-state index contributed by atoms with van der Waals surface area (Å²) in [4.78, 5) is 5.36. The average Bonchev–Trinajstić information content (AvgIpc) is 2.83. The average molecular weight is 312 g/mol. The predicted molar refractivity (Wildman–Crippen MR) is 81.3 cm³/mol. The Bertz CT molecular complexity index is 710. The highest BCUT2D eigenvalue weighted by molar-refractivity contribution is 7.89. The molecule has 0 radical (unpaired) electrons. The van der Waals surface area contributed by atoms with Crippen molar-refractivity contribution in [3.8, 4) is 0 Å². The summed E-state index contributed by atoms with van der Waals surface area (Å²) in [6, 6.07) is 4.76. The first-order valence-electron chi connectivity index (χ1n) is 5.90. The van der Waals surface area contributed by atoms with Gasteiger partial charge in [0, 0.05) is 10.6 Å². The Morgan fingerprint density at radius 1 is 1.40 bits per heavy atom. The zero-order valence-electron chi connectivity index (χ0n) is 11.2. The number of anilines is 2. The largest absolute Gasteiger partial charge is 0.399 e. The smallest absolute Gasteiger partial charge is 0.242 e. The summed E-state index contributed by atoms with van der Waals surface area (Å²) in [6.07, 6.45) is 0. The van der Waals surface area contributed by atoms with Crippen LogP contribution in [0.2, 0.25) is 0 Å². The van der Waals surface area contributed by atoms with Gasteiger partial charge in [-0.1, -0.05) is 0 Å². The number of rotatable bonds is 5. The van der Waals surface area contributed by atoms with Crippen molar-refractivity contribution < 1.29 is 8.42 Å². The molecule has 0 amide bonds. The van der Waals surface area contributed by atoms with Crippen molar-refractivity contribution in [3.63, 3.8) is 0 Å². The summed E-state index contributed by atoms with van der Waals surface area (Å²) in [5.41, 5.74) is 9.29. The van der Waals surface area contributed by atoms with Crippen LogP contribution in [0.1, 0.15) is 10.6 Å². The van der Waals surface area contributed by atoms with E-state index in [0.717, 1.165) is 10.6 Å². The van der Waals surface area contributed by atoms with Crippen molar-refractivity contribution in [1.29, 1.82) is 0 Å². The molecule has 0 aliphatic heterocycles. The van der Waals surface area contributed by atoms with Crippen LogP contribution < -0.4 is 15.8 Å². The third kappa shape index (κ3) is 3.09. The van der Waals surface area contributed by atoms with Crippen LogP contribution in [-0.4, -0.2) is 20.4 Å². The van der Waals surface area contributed by atoms with Crippen LogP contribution in [0.4, 0.5) is 11.4 Å². The van der Waals surface area contributed by atoms with Gasteiger partial charge in [-0.05, 0) is 32.2 Å². The molecule has 2 aromatic rings. The van der Waals surface area contributed by atoms with Gasteiger partial charge < -0.3 is 11.1 Å². The van der Waals surface area contributed by atoms with Gasteiger partial charge in [-0.25, -0.2) is 18.1 Å². The SMILES string of the molecule is CNS(=O)(=O)c1cc(N)ccc1NCc1scnc1C. The highest BCUT2D eigenvalue weighted by Gasteiger charge is 2.17. The maximum Gasteiger partial charge on any atom is 0.242 e. The predicted octanol–water partition coefficient (Wildman–Crippen LogP) is 1.55. The maximum atomic E-state index is 12.0. The molecule has 0 saturated carbocycles. The topological polar surface area (TPSA) is 97.1 Å². The van der Waals surface area contributed by atoms with Crippen LogP contribution in [0.15, 0.2) is 28.6 Å². The van der Waals surface area contributed by atoms with E-state index in [2.05, 4.69) is 15.0 Å². The Kier molecular flexibility index (Phi) is 4.26. The molecule has 108 valence electrons. The summed E-state index contributed by atoms with van der Waals surface area (Å²) in [5, 5.41) is 3.12. The Morgan fingerprint density at radius 3 is 2.75 bits per heavy atom. The first-order valence-corrected chi connectivity index (χ1v) is 8.26. The molecule has 0 fully saturated rings. The number of hydrogen-bond donors (Lipinski definition) is 3. The minimum atomic E-state index is -3.56. The van der Waals surface area contributed by atoms with E-state index in [1.807, 2.05) is 6.92 Å². The Labute approximate surface area is 122 Å². The molecule has 6 nitrogen and oxygen atoms in total. The van der Waals surface area contributed by atoms with Gasteiger partial charge in [0.05, 0.1) is 23.4 Å². The molecule has 0 atom stereocenters. The number of hydrogen-bond acceptors (Lipinski definition) is 6. The van der Waals surface area contributed by atoms with Crippen LogP contribution in [0.25, 0.3) is 0 Å². The number of nitrogen functional groups attached to an aromatic ring is 1. The molecule has 0 unspecified atom stereocenters. The van der Waals surface area contributed by atoms with E-state index < -0.39 is 10.0 Å². The van der Waals surface area contributed by atoms with Gasteiger partial charge in [0.1, 0.15) is 4.90 Å². The van der Waals surface area contributed by atoms with Crippen LogP contribution in [0, 0.1) is 6.92 Å². The highest BCUT2D eigenvalue weighted by atomic mass is 32.2. The quantitative estimate of drug-likeness (QED) is 0.728. The third-order valence-electron chi connectivity index (χ3n) is 2.85. The van der Waals surface area contributed by atoms with Crippen LogP contribution >= 0.6 is 11.3 Å². The standard InChI is InChI=1S/C12H16N4O2S2/c1-8-11(19-7-16-8)6-15-10-4-3-9(13)5-12(10)20(17,18)14-2/h3-5,7,14-15H,6,13H2,1-2H3. The van der Waals surface area contributed by atoms with Gasteiger partial charge >= 0.3 is 0 Å². The molecule has 1 aromatic heterocycles. The van der Waals surface area contributed by atoms with E-state index in [-0.39, 0.29) is 4.90 Å². The maximum absolute atomic E-state index is 12.0. The van der Waals surface area contributed by atoms with E-state index in [0.29, 0.717) is 17.9 Å². The van der Waals surface area contributed by atoms with Crippen molar-refractivity contribution >= 4 is 32.7 Å². The van der Waals surface area contributed by atoms with Crippen molar-refractivity contribution in [2.75, 3.05) is 18.1 Å². The third-order valence-corrected chi connectivity index (χ3v) is 5.24. The van der Waals surface area contributed by atoms with Crippen LogP contribution in [-0.2, 0) is 16.6 Å². The molecule has 1 heterocycles. The lowest BCUT2D eigenvalue weighted by Crippen LogP contribution is -2.20. The number of benzene rings is 1. The number of nitrogens with one attached hydrogen (secondary N) is 2. The molecule has 4 N–H and O–H groups in total. The van der Waals surface area contributed by atoms with Crippen molar-refractivity contribution in [2.24, 2.45) is 0 Å². The molecule has 20 heavy (non-hydrogen) atoms. The molecule has 0 aliphatic carbocycles. The molecule has 0 saturated heterocycles. The second-order valence-electron chi connectivity index (χ2n) is 4.18. The molecule has 8 heteroatoms. The zero-order valence-corrected chi connectivity index (χ0v) is 12.8. The van der Waals surface area contributed by atoms with Gasteiger partial charge in [-0.15, -0.1) is 11.3 Å². The van der Waals surface area contributed by atoms with Crippen LogP contribution in [0.3, 0.4) is 0 Å². The monoisotopic (exact) mass is 312 g/mol. The summed E-state index contributed by atoms with van der Waals surface area (Å²) >= 11 is 1.53. The van der Waals surface area contributed by atoms with E-state index >= 15 is 0 Å². The number of nitrogens with two attached hydrogens (primary N) is 1. The number of nitrogens with zero attached hydrogens (tertiary/aromatic N) is 1. The first-order chi connectivity index (χ1) is 9.44. The zero-order chi connectivity index (χ0) is 14.8. The van der Waals surface area contributed by atoms with Gasteiger partial charge in [0.15, 0.2) is 0 Å². The Morgan fingerprint density at radius 2 is 2.15 bits per heavy atom. The first kappa shape index (κ1) is 14.8. The lowest BCUT2D eigenvalue weighted by Gasteiger charge is -2.12. The van der Waals surface area contributed by atoms with Gasteiger partial charge in [0.25, 0.3) is 0 Å². The molecular formula is C12H16N4O2S2. The number of aryl methyl sites for hydroxylation is 1. The fraction of sp³-hybridized carbons (Fsp3) is 0.250. The lowest BCUT2D eigenvalue weighted by atomic mass is 10.2. The van der Waals surface area contributed by atoms with Crippen LogP contribution in [0.5, 0.6) is 0 Å². The highest BCUT2D eigenvalue weighted by Crippen LogP contribution is 2.25. The van der Waals surface area contributed by atoms with E-state index in [1.54, 1.807) is 17.6 Å². The second-order valence-corrected chi connectivity index (χ2v) is 6.97. The Balaban J connectivity index is 2.30. The minimum absolute atomic E-state index is 0.141. The van der Waals surface area contributed by atoms with Gasteiger partial charge in [-0.2, -0.15) is 0 Å². The number of thiazole rings is 1. The molecular weight excluding hydrogens is 296 g/mol. The van der Waals surface area contributed by atoms with Crippen molar-refractivity contribution in [2.45, 2.75) is 18.4 Å². The number of aromatic nitrogens is 1. The second kappa shape index (κ2) is 5.78. The van der Waals surface area contributed by atoms with Gasteiger partial charge in [-0.3, -0.25) is 0 Å². The fourth-order valence-corrected chi connectivity index (χ4v) is 3.35. The summed E-state index contributed by atoms with van der Waals surface area (Å²) in [6.45, 7) is 2.44. The molecule has 2 rings (SSSR count). The molecule has 1 aromatic carbocycles. The fourth-order valence-electron chi connectivity index (χ4n) is 1.69. The van der Waals surface area contributed by atoms with Crippen molar-refractivity contribution in [3.05, 3.63) is 34.3 Å². The molecule has 0 bridgehead atoms. The summed E-state index contributed by atoms with van der Waals surface area (Å²) < 4.78 is 26.3. The lowest BCUT2D eigenvalue weighted by molar-refractivity contribution is 0.588. The Hall–Kier alpha value is -1.64. The minimum Gasteiger partial charge on any atom is -0.399 e. The normalized spacial score (nSPS) is 11.5.